The molecule has 3 N–H and O–H groups in total. The van der Waals surface area contributed by atoms with E-state index < -0.39 is 72.3 Å². The van der Waals surface area contributed by atoms with Crippen LogP contribution >= 0.6 is 0 Å². The van der Waals surface area contributed by atoms with Gasteiger partial charge in [0.05, 0.1) is 13.2 Å². The average molecular weight is 816 g/mol. The third-order valence-corrected chi connectivity index (χ3v) is 11.2. The van der Waals surface area contributed by atoms with Gasteiger partial charge in [0.15, 0.2) is 18.4 Å². The average Bonchev–Trinajstić information content (AvgIpc) is 3.76. The zero-order valence-corrected chi connectivity index (χ0v) is 32.8. The van der Waals surface area contributed by atoms with Crippen molar-refractivity contribution in [2.24, 2.45) is 5.41 Å². The number of rotatable bonds is 19. The fourth-order valence-electron chi connectivity index (χ4n) is 8.51. The van der Waals surface area contributed by atoms with E-state index in [1.807, 2.05) is 0 Å². The minimum absolute atomic E-state index is 0.0162. The maximum absolute atomic E-state index is 14.8. The lowest BCUT2D eigenvalue weighted by atomic mass is 9.62. The van der Waals surface area contributed by atoms with E-state index >= 15 is 0 Å². The van der Waals surface area contributed by atoms with E-state index in [0.717, 1.165) is 44.6 Å². The van der Waals surface area contributed by atoms with Gasteiger partial charge in [0, 0.05) is 44.0 Å². The van der Waals surface area contributed by atoms with Crippen molar-refractivity contribution < 1.29 is 61.2 Å². The minimum Gasteiger partial charge on any atom is -0.458 e. The Labute approximate surface area is 335 Å². The number of esters is 2. The second kappa shape index (κ2) is 18.7. The number of carbonyl (C=O) groups is 4. The second-order valence-corrected chi connectivity index (χ2v) is 15.3. The molecule has 1 saturated carbocycles. The van der Waals surface area contributed by atoms with Gasteiger partial charge in [-0.25, -0.2) is 4.79 Å². The molecule has 2 aromatic carbocycles. The standard InChI is InChI=1S/C42H52F3N3O10/c1-3-5-9-18-40(19-10-6-4-2)56-33-31-23-41(39(53)47-24-27-12-11-15-29(22-27)37(51)46-20-21-49)35(38(52)55-31)48(58-36(41)34(33)57-40)25-30-14-8-7-13-28(30)16-17-32(50)54-26-42(43,44)45/h7-8,11-17,22,31,33-36,49H,3-6,9-10,18-21,23-26H2,1-2H3,(H,46,51)(H,47,53)/t31?,33-,34-,35-,36+,41?/m0/s1. The quantitative estimate of drug-likeness (QED) is 0.0961. The first kappa shape index (κ1) is 43.2. The number of halogens is 3. The van der Waals surface area contributed by atoms with E-state index in [4.69, 9.17) is 24.2 Å². The Morgan fingerprint density at radius 1 is 0.983 bits per heavy atom. The number of aliphatic hydroxyl groups excluding tert-OH is 1. The van der Waals surface area contributed by atoms with Gasteiger partial charge in [0.1, 0.15) is 29.8 Å². The summed E-state index contributed by atoms with van der Waals surface area (Å²) in [6.07, 6.45) is 1.17. The van der Waals surface area contributed by atoms with Crippen LogP contribution in [0.5, 0.6) is 0 Å². The molecule has 6 rings (SSSR count). The Morgan fingerprint density at radius 3 is 2.41 bits per heavy atom. The molecule has 0 radical (unpaired) electrons. The molecule has 3 aliphatic heterocycles. The van der Waals surface area contributed by atoms with E-state index in [0.29, 0.717) is 35.1 Å². The first-order chi connectivity index (χ1) is 27.8. The molecule has 6 atom stereocenters. The Hall–Kier alpha value is -4.35. The number of amides is 2. The van der Waals surface area contributed by atoms with Crippen LogP contribution < -0.4 is 10.6 Å². The second-order valence-electron chi connectivity index (χ2n) is 15.3. The first-order valence-corrected chi connectivity index (χ1v) is 20.1. The molecule has 316 valence electrons. The molecule has 2 amide bonds. The maximum atomic E-state index is 14.8. The summed E-state index contributed by atoms with van der Waals surface area (Å²) in [5.41, 5.74) is 0.440. The summed E-state index contributed by atoms with van der Waals surface area (Å²) in [4.78, 5) is 60.5. The highest BCUT2D eigenvalue weighted by atomic mass is 19.4. The molecular formula is C42H52F3N3O10. The van der Waals surface area contributed by atoms with Crippen molar-refractivity contribution in [2.75, 3.05) is 19.8 Å². The molecule has 16 heteroatoms. The van der Waals surface area contributed by atoms with Crippen molar-refractivity contribution in [1.82, 2.24) is 15.7 Å². The lowest BCUT2D eigenvalue weighted by Crippen LogP contribution is -2.69. The van der Waals surface area contributed by atoms with Gasteiger partial charge in [-0.3, -0.25) is 19.2 Å². The zero-order valence-electron chi connectivity index (χ0n) is 32.8. The molecule has 4 aliphatic rings. The van der Waals surface area contributed by atoms with Crippen LogP contribution in [0.2, 0.25) is 0 Å². The Kier molecular flexibility index (Phi) is 13.9. The molecule has 0 spiro atoms. The summed E-state index contributed by atoms with van der Waals surface area (Å²) in [6, 6.07) is 12.2. The molecule has 2 bridgehead atoms. The predicted octanol–water partition coefficient (Wildman–Crippen LogP) is 5.28. The number of nitrogens with zero attached hydrogens (tertiary/aromatic N) is 1. The predicted molar refractivity (Wildman–Crippen MR) is 202 cm³/mol. The lowest BCUT2D eigenvalue weighted by molar-refractivity contribution is -0.224. The zero-order chi connectivity index (χ0) is 41.5. The monoisotopic (exact) mass is 815 g/mol. The van der Waals surface area contributed by atoms with Crippen LogP contribution in [0.25, 0.3) is 6.08 Å². The van der Waals surface area contributed by atoms with Crippen molar-refractivity contribution >= 4 is 29.8 Å². The lowest BCUT2D eigenvalue weighted by Gasteiger charge is -2.48. The SMILES string of the molecule is CCCCCC1(CCCCC)O[C@@H]2[C@H]3ON(Cc4ccccc4C=CC(=O)OCC(F)(F)F)[C@H]4C(=O)OC(CC34C(=O)NCc3cccc(C(=O)NCCO)c3)[C@@H]2O1. The van der Waals surface area contributed by atoms with Gasteiger partial charge in [-0.15, -0.1) is 0 Å². The Balaban J connectivity index is 1.32. The van der Waals surface area contributed by atoms with Gasteiger partial charge in [-0.1, -0.05) is 75.9 Å². The number of alkyl halides is 3. The van der Waals surface area contributed by atoms with Gasteiger partial charge in [0.25, 0.3) is 5.91 Å². The number of fused-ring (bicyclic) bond motifs is 4. The van der Waals surface area contributed by atoms with E-state index in [1.54, 1.807) is 48.5 Å². The normalized spacial score (nSPS) is 26.0. The smallest absolute Gasteiger partial charge is 0.422 e. The molecule has 3 saturated heterocycles. The van der Waals surface area contributed by atoms with Crippen LogP contribution in [0, 0.1) is 5.41 Å². The maximum Gasteiger partial charge on any atom is 0.422 e. The van der Waals surface area contributed by atoms with Crippen molar-refractivity contribution in [3.63, 3.8) is 0 Å². The number of carbonyl (C=O) groups excluding carboxylic acids is 4. The number of nitrogens with one attached hydrogen (secondary N) is 2. The van der Waals surface area contributed by atoms with Crippen LogP contribution in [0.3, 0.4) is 0 Å². The number of unbranched alkanes of at least 4 members (excludes halogenated alkanes) is 4. The molecule has 58 heavy (non-hydrogen) atoms. The largest absolute Gasteiger partial charge is 0.458 e. The van der Waals surface area contributed by atoms with Crippen molar-refractivity contribution in [3.8, 4) is 0 Å². The molecule has 2 aromatic rings. The van der Waals surface area contributed by atoms with E-state index in [1.165, 1.54) is 11.1 Å². The molecule has 2 unspecified atom stereocenters. The number of hydrogen-bond acceptors (Lipinski definition) is 11. The van der Waals surface area contributed by atoms with Crippen molar-refractivity contribution in [2.45, 2.75) is 127 Å². The van der Waals surface area contributed by atoms with E-state index in [2.05, 4.69) is 29.2 Å². The summed E-state index contributed by atoms with van der Waals surface area (Å²) in [5.74, 6) is -3.69. The van der Waals surface area contributed by atoms with Gasteiger partial charge in [-0.05, 0) is 47.7 Å². The molecular weight excluding hydrogens is 763 g/mol. The number of ether oxygens (including phenoxy) is 4. The minimum atomic E-state index is -4.68. The van der Waals surface area contributed by atoms with Gasteiger partial charge in [0.2, 0.25) is 5.91 Å². The van der Waals surface area contributed by atoms with Crippen LogP contribution in [0.1, 0.15) is 98.7 Å². The highest BCUT2D eigenvalue weighted by molar-refractivity contribution is 5.95. The van der Waals surface area contributed by atoms with Gasteiger partial charge >= 0.3 is 18.1 Å². The summed E-state index contributed by atoms with van der Waals surface area (Å²) in [5, 5.41) is 16.2. The highest BCUT2D eigenvalue weighted by Crippen LogP contribution is 2.58. The topological polar surface area (TPSA) is 162 Å². The number of hydrogen-bond donors (Lipinski definition) is 3. The van der Waals surface area contributed by atoms with Crippen LogP contribution in [-0.4, -0.2) is 96.1 Å². The van der Waals surface area contributed by atoms with Crippen LogP contribution in [0.4, 0.5) is 13.2 Å². The van der Waals surface area contributed by atoms with Crippen LogP contribution in [0.15, 0.2) is 54.6 Å². The summed E-state index contributed by atoms with van der Waals surface area (Å²) >= 11 is 0. The summed E-state index contributed by atoms with van der Waals surface area (Å²) in [7, 11) is 0. The van der Waals surface area contributed by atoms with E-state index in [-0.39, 0.29) is 38.6 Å². The number of hydroxylamine groups is 2. The van der Waals surface area contributed by atoms with E-state index in [9.17, 15) is 32.3 Å². The van der Waals surface area contributed by atoms with Gasteiger partial charge in [-0.2, -0.15) is 18.2 Å². The number of aliphatic hydroxyl groups is 1. The van der Waals surface area contributed by atoms with Crippen molar-refractivity contribution in [3.05, 3.63) is 76.9 Å². The molecule has 13 nitrogen and oxygen atoms in total. The number of benzene rings is 2. The third kappa shape index (κ3) is 9.57. The summed E-state index contributed by atoms with van der Waals surface area (Å²) < 4.78 is 62.1. The van der Waals surface area contributed by atoms with Crippen molar-refractivity contribution in [1.29, 1.82) is 0 Å². The Bertz CT molecular complexity index is 1810. The molecule has 1 aliphatic carbocycles. The molecule has 0 aromatic heterocycles. The van der Waals surface area contributed by atoms with Gasteiger partial charge < -0.3 is 34.7 Å². The highest BCUT2D eigenvalue weighted by Gasteiger charge is 2.76. The first-order valence-electron chi connectivity index (χ1n) is 20.1. The van der Waals surface area contributed by atoms with Crippen LogP contribution in [-0.2, 0) is 51.3 Å². The Morgan fingerprint density at radius 2 is 1.71 bits per heavy atom. The fraction of sp³-hybridized carbons (Fsp3) is 0.571. The summed E-state index contributed by atoms with van der Waals surface area (Å²) in [6.45, 7) is 2.31. The third-order valence-electron chi connectivity index (χ3n) is 11.2. The fourth-order valence-corrected chi connectivity index (χ4v) is 8.51. The molecule has 3 heterocycles. The molecule has 4 fully saturated rings.